The second-order valence-electron chi connectivity index (χ2n) is 7.20. The SMILES string of the molecule is Nc1nn(PI)c2c(Br)cc(NC(=O)c3cc(F)cc(C(F)(F)F)c3)c(Oc3cc(F)ccc3Cl)c12. The van der Waals surface area contributed by atoms with E-state index in [0.29, 0.717) is 22.1 Å². The number of anilines is 2. The van der Waals surface area contributed by atoms with Gasteiger partial charge in [-0.1, -0.05) is 11.6 Å². The Kier molecular flexibility index (Phi) is 7.65. The highest BCUT2D eigenvalue weighted by Crippen LogP contribution is 2.47. The van der Waals surface area contributed by atoms with Gasteiger partial charge in [0.1, 0.15) is 17.4 Å². The molecule has 36 heavy (non-hydrogen) atoms. The van der Waals surface area contributed by atoms with Gasteiger partial charge < -0.3 is 15.8 Å². The maximum atomic E-state index is 13.9. The number of nitrogens with two attached hydrogens (primary N) is 1. The Morgan fingerprint density at radius 3 is 2.56 bits per heavy atom. The molecule has 188 valence electrons. The van der Waals surface area contributed by atoms with Crippen LogP contribution in [0.15, 0.2) is 46.9 Å². The van der Waals surface area contributed by atoms with Crippen molar-refractivity contribution in [3.8, 4) is 11.5 Å². The molecule has 1 amide bonds. The molecule has 0 bridgehead atoms. The zero-order valence-corrected chi connectivity index (χ0v) is 22.9. The molecule has 1 aromatic heterocycles. The van der Waals surface area contributed by atoms with Gasteiger partial charge in [-0.2, -0.15) is 18.3 Å². The first kappa shape index (κ1) is 26.8. The van der Waals surface area contributed by atoms with Crippen LogP contribution in [0.4, 0.5) is 33.5 Å². The van der Waals surface area contributed by atoms with E-state index >= 15 is 0 Å². The molecule has 3 N–H and O–H groups in total. The molecule has 1 unspecified atom stereocenters. The topological polar surface area (TPSA) is 82.2 Å². The molecule has 0 aliphatic carbocycles. The third kappa shape index (κ3) is 5.38. The van der Waals surface area contributed by atoms with Crippen molar-refractivity contribution in [2.24, 2.45) is 0 Å². The van der Waals surface area contributed by atoms with Crippen molar-refractivity contribution in [2.45, 2.75) is 6.18 Å². The lowest BCUT2D eigenvalue weighted by atomic mass is 10.1. The number of amides is 1. The summed E-state index contributed by atoms with van der Waals surface area (Å²) in [5.74, 6) is -3.19. The summed E-state index contributed by atoms with van der Waals surface area (Å²) in [5.41, 5.74) is 4.60. The zero-order chi connectivity index (χ0) is 26.4. The van der Waals surface area contributed by atoms with Crippen molar-refractivity contribution >= 4 is 84.3 Å². The standard InChI is InChI=1S/C21H11BrClF5IN4O2P/c22-12-7-14(31-20(34)8-3-9(21(26,27)28)5-11(25)4-8)18(16-17(12)33(36-29)32-19(16)30)35-15-6-10(24)1-2-13(15)23/h1-7,36H,(H2,30,32)(H,31,34). The molecular formula is C21H11BrClF5IN4O2P. The molecule has 0 saturated carbocycles. The number of rotatable bonds is 5. The first-order valence-electron chi connectivity index (χ1n) is 9.58. The van der Waals surface area contributed by atoms with E-state index in [1.165, 1.54) is 12.1 Å². The van der Waals surface area contributed by atoms with E-state index in [9.17, 15) is 26.7 Å². The van der Waals surface area contributed by atoms with Gasteiger partial charge in [-0.25, -0.2) is 13.2 Å². The second kappa shape index (κ2) is 10.3. The Morgan fingerprint density at radius 2 is 1.89 bits per heavy atom. The van der Waals surface area contributed by atoms with E-state index in [-0.39, 0.29) is 45.9 Å². The third-order valence-electron chi connectivity index (χ3n) is 4.80. The van der Waals surface area contributed by atoms with Gasteiger partial charge in [-0.15, -0.1) is 0 Å². The van der Waals surface area contributed by atoms with Crippen molar-refractivity contribution in [3.05, 3.63) is 74.7 Å². The van der Waals surface area contributed by atoms with Crippen molar-refractivity contribution in [3.63, 3.8) is 0 Å². The molecule has 3 aromatic carbocycles. The molecule has 4 aromatic rings. The van der Waals surface area contributed by atoms with Gasteiger partial charge in [0.2, 0.25) is 0 Å². The van der Waals surface area contributed by atoms with Crippen molar-refractivity contribution in [1.29, 1.82) is 0 Å². The van der Waals surface area contributed by atoms with Crippen LogP contribution in [0.3, 0.4) is 0 Å². The number of hydrogen-bond donors (Lipinski definition) is 2. The van der Waals surface area contributed by atoms with Gasteiger partial charge in [0, 0.05) is 16.1 Å². The van der Waals surface area contributed by atoms with Gasteiger partial charge in [0.15, 0.2) is 11.6 Å². The smallest absolute Gasteiger partial charge is 0.416 e. The predicted molar refractivity (Wildman–Crippen MR) is 140 cm³/mol. The third-order valence-corrected chi connectivity index (χ3v) is 7.57. The normalized spacial score (nSPS) is 12.0. The zero-order valence-electron chi connectivity index (χ0n) is 17.4. The van der Waals surface area contributed by atoms with E-state index in [1.54, 1.807) is 4.45 Å². The lowest BCUT2D eigenvalue weighted by molar-refractivity contribution is -0.137. The molecule has 0 aliphatic rings. The summed E-state index contributed by atoms with van der Waals surface area (Å²) < 4.78 is 75.0. The van der Waals surface area contributed by atoms with Crippen LogP contribution in [0.5, 0.6) is 11.5 Å². The number of aromatic nitrogens is 2. The largest absolute Gasteiger partial charge is 0.453 e. The maximum Gasteiger partial charge on any atom is 0.416 e. The van der Waals surface area contributed by atoms with E-state index in [1.807, 2.05) is 0 Å². The first-order valence-corrected chi connectivity index (χ1v) is 14.8. The molecular weight excluding hydrogens is 708 g/mol. The number of nitrogens with one attached hydrogen (secondary N) is 1. The lowest BCUT2D eigenvalue weighted by Gasteiger charge is -2.16. The fraction of sp³-hybridized carbons (Fsp3) is 0.0476. The van der Waals surface area contributed by atoms with Crippen LogP contribution in [-0.4, -0.2) is 15.5 Å². The van der Waals surface area contributed by atoms with Crippen LogP contribution in [0.2, 0.25) is 5.02 Å². The minimum atomic E-state index is -4.87. The Balaban J connectivity index is 1.87. The highest BCUT2D eigenvalue weighted by atomic mass is 127. The second-order valence-corrected chi connectivity index (χ2v) is 10.5. The summed E-state index contributed by atoms with van der Waals surface area (Å²) in [4.78, 5) is 12.9. The Morgan fingerprint density at radius 1 is 1.17 bits per heavy atom. The van der Waals surface area contributed by atoms with Crippen molar-refractivity contribution < 1.29 is 31.5 Å². The lowest BCUT2D eigenvalue weighted by Crippen LogP contribution is -2.15. The van der Waals surface area contributed by atoms with E-state index < -0.39 is 34.8 Å². The molecule has 1 atom stereocenters. The van der Waals surface area contributed by atoms with E-state index in [2.05, 4.69) is 48.4 Å². The number of carbonyl (C=O) groups is 1. The summed E-state index contributed by atoms with van der Waals surface area (Å²) in [6, 6.07) is 6.22. The molecule has 0 spiro atoms. The quantitative estimate of drug-likeness (QED) is 0.124. The minimum Gasteiger partial charge on any atom is -0.453 e. The molecule has 0 aliphatic heterocycles. The molecule has 0 radical (unpaired) electrons. The number of alkyl halides is 3. The van der Waals surface area contributed by atoms with Crippen LogP contribution in [0.25, 0.3) is 10.9 Å². The van der Waals surface area contributed by atoms with Gasteiger partial charge in [-0.3, -0.25) is 4.79 Å². The molecule has 6 nitrogen and oxygen atoms in total. The molecule has 0 fully saturated rings. The highest BCUT2D eigenvalue weighted by Gasteiger charge is 2.32. The van der Waals surface area contributed by atoms with Crippen LogP contribution < -0.4 is 15.8 Å². The number of nitrogens with zero attached hydrogens (tertiary/aromatic N) is 2. The van der Waals surface area contributed by atoms with Gasteiger partial charge in [-0.05, 0) is 74.4 Å². The number of nitrogen functional groups attached to an aromatic ring is 1. The number of fused-ring (bicyclic) bond motifs is 1. The summed E-state index contributed by atoms with van der Waals surface area (Å²) >= 11 is 11.6. The fourth-order valence-corrected chi connectivity index (χ4v) is 5.70. The van der Waals surface area contributed by atoms with Gasteiger partial charge >= 0.3 is 6.18 Å². The minimum absolute atomic E-state index is 0.00129. The fourth-order valence-electron chi connectivity index (χ4n) is 3.28. The van der Waals surface area contributed by atoms with Crippen LogP contribution in [0.1, 0.15) is 15.9 Å². The number of benzene rings is 3. The van der Waals surface area contributed by atoms with Crippen LogP contribution in [-0.2, 0) is 6.18 Å². The highest BCUT2D eigenvalue weighted by molar-refractivity contribution is 14.2. The number of halogens is 8. The van der Waals surface area contributed by atoms with Crippen molar-refractivity contribution in [1.82, 2.24) is 9.55 Å². The Hall–Kier alpha value is -2.22. The van der Waals surface area contributed by atoms with Crippen LogP contribution in [0, 0.1) is 11.6 Å². The molecule has 0 saturated heterocycles. The first-order chi connectivity index (χ1) is 16.9. The van der Waals surface area contributed by atoms with E-state index in [4.69, 9.17) is 22.1 Å². The summed E-state index contributed by atoms with van der Waals surface area (Å²) in [5, 5.41) is 6.91. The predicted octanol–water partition coefficient (Wildman–Crippen LogP) is 8.17. The summed E-state index contributed by atoms with van der Waals surface area (Å²) in [7, 11) is 0. The number of ether oxygens (including phenoxy) is 1. The maximum absolute atomic E-state index is 13.9. The van der Waals surface area contributed by atoms with Crippen LogP contribution >= 0.6 is 55.9 Å². The molecule has 4 rings (SSSR count). The average molecular weight is 720 g/mol. The monoisotopic (exact) mass is 718 g/mol. The average Bonchev–Trinajstić information content (AvgIpc) is 3.14. The Labute approximate surface area is 227 Å². The summed E-state index contributed by atoms with van der Waals surface area (Å²) in [6.07, 6.45) is -4.76. The van der Waals surface area contributed by atoms with E-state index in [0.717, 1.165) is 12.1 Å². The van der Waals surface area contributed by atoms with Gasteiger partial charge in [0.25, 0.3) is 5.91 Å². The molecule has 1 heterocycles. The van der Waals surface area contributed by atoms with Crippen molar-refractivity contribution in [2.75, 3.05) is 11.1 Å². The molecule has 15 heteroatoms. The number of carbonyl (C=O) groups excluding carboxylic acids is 1. The summed E-state index contributed by atoms with van der Waals surface area (Å²) in [6.45, 7) is 0. The number of hydrogen-bond acceptors (Lipinski definition) is 4. The Bertz CT molecular complexity index is 1520. The van der Waals surface area contributed by atoms with Gasteiger partial charge in [0.05, 0.1) is 33.6 Å².